The third kappa shape index (κ3) is 8.88. The molecule has 0 saturated heterocycles. The van der Waals surface area contributed by atoms with Gasteiger partial charge in [-0.2, -0.15) is 0 Å². The Hall–Kier alpha value is -4.97. The lowest BCUT2D eigenvalue weighted by atomic mass is 10.1. The van der Waals surface area contributed by atoms with E-state index in [9.17, 15) is 18.0 Å². The van der Waals surface area contributed by atoms with Crippen molar-refractivity contribution in [3.8, 4) is 11.5 Å². The van der Waals surface area contributed by atoms with Crippen molar-refractivity contribution in [1.29, 1.82) is 0 Å². The highest BCUT2D eigenvalue weighted by Gasteiger charge is 2.25. The molecule has 12 heteroatoms. The highest BCUT2D eigenvalue weighted by molar-refractivity contribution is 7.91. The monoisotopic (exact) mass is 687 g/mol. The van der Waals surface area contributed by atoms with Crippen LogP contribution >= 0.6 is 11.6 Å². The molecule has 0 aliphatic heterocycles. The fourth-order valence-corrected chi connectivity index (χ4v) is 6.50. The fourth-order valence-electron chi connectivity index (χ4n) is 5.07. The van der Waals surface area contributed by atoms with Gasteiger partial charge in [0.2, 0.25) is 11.8 Å². The Bertz CT molecular complexity index is 2020. The summed E-state index contributed by atoms with van der Waals surface area (Å²) in [6, 6.07) is 29.7. The molecule has 0 unspecified atom stereocenters. The van der Waals surface area contributed by atoms with E-state index >= 15 is 0 Å². The second-order valence-electron chi connectivity index (χ2n) is 10.9. The molecule has 0 aliphatic carbocycles. The van der Waals surface area contributed by atoms with Gasteiger partial charge in [0.25, 0.3) is 0 Å². The highest BCUT2D eigenvalue weighted by atomic mass is 35.5. The molecule has 5 rings (SSSR count). The van der Waals surface area contributed by atoms with Crippen LogP contribution in [0.15, 0.2) is 108 Å². The third-order valence-electron chi connectivity index (χ3n) is 7.34. The van der Waals surface area contributed by atoms with E-state index in [2.05, 4.69) is 4.98 Å². The van der Waals surface area contributed by atoms with Crippen molar-refractivity contribution in [3.05, 3.63) is 119 Å². The number of benzene rings is 4. The minimum absolute atomic E-state index is 0.0956. The van der Waals surface area contributed by atoms with Gasteiger partial charge in [0, 0.05) is 23.6 Å². The van der Waals surface area contributed by atoms with Crippen molar-refractivity contribution in [2.75, 3.05) is 24.6 Å². The molecule has 0 spiro atoms. The van der Waals surface area contributed by atoms with Crippen LogP contribution in [0.3, 0.4) is 0 Å². The number of methoxy groups -OCH3 is 1. The molecule has 5 aromatic rings. The Morgan fingerprint density at radius 3 is 2.46 bits per heavy atom. The van der Waals surface area contributed by atoms with Crippen molar-refractivity contribution >= 4 is 55.5 Å². The smallest absolute Gasteiger partial charge is 0.241 e. The number of pyridine rings is 1. The SMILES string of the molecule is COCOc1ccc(CCCS(=O)(=O)c2ccc(Cl)cc2)cc1N(C(=O)CC(N)=O)c1cccc(OCc2ccc3ccccc3n2)c1. The summed E-state index contributed by atoms with van der Waals surface area (Å²) < 4.78 is 42.8. The molecule has 1 aromatic heterocycles. The van der Waals surface area contributed by atoms with Crippen molar-refractivity contribution < 1.29 is 32.2 Å². The summed E-state index contributed by atoms with van der Waals surface area (Å²) in [5.41, 5.74) is 8.48. The van der Waals surface area contributed by atoms with Crippen molar-refractivity contribution in [2.45, 2.75) is 30.8 Å². The maximum absolute atomic E-state index is 13.6. The van der Waals surface area contributed by atoms with Gasteiger partial charge in [-0.1, -0.05) is 48.0 Å². The number of para-hydroxylation sites is 1. The molecule has 0 bridgehead atoms. The molecule has 4 aromatic carbocycles. The third-order valence-corrected chi connectivity index (χ3v) is 9.41. The summed E-state index contributed by atoms with van der Waals surface area (Å²) in [5, 5.41) is 1.47. The van der Waals surface area contributed by atoms with Gasteiger partial charge in [0.1, 0.15) is 24.5 Å². The van der Waals surface area contributed by atoms with Gasteiger partial charge in [-0.3, -0.25) is 14.5 Å². The zero-order chi connectivity index (χ0) is 34.1. The average Bonchev–Trinajstić information content (AvgIpc) is 3.07. The molecule has 1 heterocycles. The lowest BCUT2D eigenvalue weighted by Gasteiger charge is -2.26. The van der Waals surface area contributed by atoms with Crippen LogP contribution in [0.1, 0.15) is 24.1 Å². The fraction of sp³-hybridized carbons (Fsp3) is 0.194. The summed E-state index contributed by atoms with van der Waals surface area (Å²) in [7, 11) is -2.07. The Labute approximate surface area is 283 Å². The molecule has 48 heavy (non-hydrogen) atoms. The van der Waals surface area contributed by atoms with Crippen molar-refractivity contribution in [2.24, 2.45) is 5.73 Å². The van der Waals surface area contributed by atoms with E-state index in [0.717, 1.165) is 22.2 Å². The van der Waals surface area contributed by atoms with Gasteiger partial charge in [-0.05, 0) is 79.1 Å². The number of primary amides is 1. The number of hydrogen-bond acceptors (Lipinski definition) is 8. The molecule has 10 nitrogen and oxygen atoms in total. The van der Waals surface area contributed by atoms with Crippen LogP contribution in [0.5, 0.6) is 11.5 Å². The molecule has 2 N–H and O–H groups in total. The number of amides is 2. The molecule has 0 fully saturated rings. The quantitative estimate of drug-likeness (QED) is 0.0986. The maximum Gasteiger partial charge on any atom is 0.241 e. The number of aryl methyl sites for hydroxylation is 1. The average molecular weight is 688 g/mol. The number of hydrogen-bond donors (Lipinski definition) is 1. The predicted octanol–water partition coefficient (Wildman–Crippen LogP) is 6.40. The first-order chi connectivity index (χ1) is 23.1. The van der Waals surface area contributed by atoms with Crippen LogP contribution in [-0.4, -0.2) is 44.9 Å². The lowest BCUT2D eigenvalue weighted by molar-refractivity contribution is -0.125. The summed E-state index contributed by atoms with van der Waals surface area (Å²) in [6.45, 7) is 0.0750. The summed E-state index contributed by atoms with van der Waals surface area (Å²) in [5.74, 6) is -0.730. The number of rotatable bonds is 15. The number of anilines is 2. The molecule has 0 radical (unpaired) electrons. The molecule has 0 saturated carbocycles. The minimum atomic E-state index is -3.54. The van der Waals surface area contributed by atoms with E-state index in [1.807, 2.05) is 36.4 Å². The molecule has 0 atom stereocenters. The number of aromatic nitrogens is 1. The summed E-state index contributed by atoms with van der Waals surface area (Å²) in [4.78, 5) is 31.7. The topological polar surface area (TPSA) is 138 Å². The van der Waals surface area contributed by atoms with E-state index in [-0.39, 0.29) is 24.0 Å². The standard InChI is InChI=1S/C36H34ClN3O7S/c1-45-24-47-34-18-11-25(6-5-19-48(43,44)31-16-13-27(37)14-17-31)20-33(34)40(36(42)22-35(38)41)29-8-4-9-30(21-29)46-23-28-15-12-26-7-2-3-10-32(26)39-28/h2-4,7-18,20-21H,5-6,19,22-24H2,1H3,(H2,38,41). The largest absolute Gasteiger partial charge is 0.487 e. The highest BCUT2D eigenvalue weighted by Crippen LogP contribution is 2.37. The van der Waals surface area contributed by atoms with E-state index in [0.29, 0.717) is 40.7 Å². The number of ether oxygens (including phenoxy) is 3. The lowest BCUT2D eigenvalue weighted by Crippen LogP contribution is -2.30. The molecule has 248 valence electrons. The van der Waals surface area contributed by atoms with E-state index in [4.69, 9.17) is 31.5 Å². The van der Waals surface area contributed by atoms with Crippen molar-refractivity contribution in [1.82, 2.24) is 4.98 Å². The summed E-state index contributed by atoms with van der Waals surface area (Å²) in [6.07, 6.45) is 0.119. The number of halogens is 1. The molecular formula is C36H34ClN3O7S. The van der Waals surface area contributed by atoms with Gasteiger partial charge in [-0.25, -0.2) is 13.4 Å². The Morgan fingerprint density at radius 1 is 0.896 bits per heavy atom. The van der Waals surface area contributed by atoms with Gasteiger partial charge >= 0.3 is 0 Å². The van der Waals surface area contributed by atoms with Gasteiger partial charge in [0.05, 0.1) is 33.2 Å². The van der Waals surface area contributed by atoms with Crippen LogP contribution in [-0.2, 0) is 37.2 Å². The van der Waals surface area contributed by atoms with Crippen LogP contribution < -0.4 is 20.1 Å². The maximum atomic E-state index is 13.6. The summed E-state index contributed by atoms with van der Waals surface area (Å²) >= 11 is 5.92. The van der Waals surface area contributed by atoms with Crippen molar-refractivity contribution in [3.63, 3.8) is 0 Å². The molecule has 2 amide bonds. The van der Waals surface area contributed by atoms with E-state index < -0.39 is 28.1 Å². The van der Waals surface area contributed by atoms with Crippen LogP contribution in [0.2, 0.25) is 5.02 Å². The number of nitrogens with two attached hydrogens (primary N) is 1. The first kappa shape index (κ1) is 34.4. The molecule has 0 aliphatic rings. The van der Waals surface area contributed by atoms with Gasteiger partial charge < -0.3 is 19.9 Å². The van der Waals surface area contributed by atoms with Crippen LogP contribution in [0, 0.1) is 0 Å². The Balaban J connectivity index is 1.42. The minimum Gasteiger partial charge on any atom is -0.487 e. The van der Waals surface area contributed by atoms with Crippen LogP contribution in [0.4, 0.5) is 11.4 Å². The number of nitrogens with zero attached hydrogens (tertiary/aromatic N) is 2. The van der Waals surface area contributed by atoms with E-state index in [1.54, 1.807) is 42.5 Å². The number of fused-ring (bicyclic) bond motifs is 1. The van der Waals surface area contributed by atoms with E-state index in [1.165, 1.54) is 36.3 Å². The Kier molecular flexibility index (Phi) is 11.3. The predicted molar refractivity (Wildman–Crippen MR) is 184 cm³/mol. The number of carbonyl (C=O) groups is 2. The first-order valence-electron chi connectivity index (χ1n) is 15.0. The second kappa shape index (κ2) is 15.7. The van der Waals surface area contributed by atoms with Crippen LogP contribution in [0.25, 0.3) is 10.9 Å². The van der Waals surface area contributed by atoms with Gasteiger partial charge in [0.15, 0.2) is 16.6 Å². The first-order valence-corrected chi connectivity index (χ1v) is 17.1. The number of sulfone groups is 1. The number of carbonyl (C=O) groups excluding carboxylic acids is 2. The zero-order valence-corrected chi connectivity index (χ0v) is 27.7. The zero-order valence-electron chi connectivity index (χ0n) is 26.2. The molecular weight excluding hydrogens is 654 g/mol. The van der Waals surface area contributed by atoms with Gasteiger partial charge in [-0.15, -0.1) is 0 Å². The second-order valence-corrected chi connectivity index (χ2v) is 13.4. The Morgan fingerprint density at radius 2 is 1.69 bits per heavy atom. The normalized spacial score (nSPS) is 11.3.